The summed E-state index contributed by atoms with van der Waals surface area (Å²) < 4.78 is 10.7. The van der Waals surface area contributed by atoms with E-state index in [1.807, 2.05) is 0 Å². The van der Waals surface area contributed by atoms with E-state index in [9.17, 15) is 0 Å². The van der Waals surface area contributed by atoms with Gasteiger partial charge in [-0.15, -0.1) is 11.1 Å². The number of aromatic nitrogens is 1. The summed E-state index contributed by atoms with van der Waals surface area (Å²) in [7, 11) is -1.96. The van der Waals surface area contributed by atoms with Gasteiger partial charge < -0.3 is 8.84 Å². The topological polar surface area (TPSA) is 35.3 Å². The van der Waals surface area contributed by atoms with Gasteiger partial charge in [-0.25, -0.2) is 4.98 Å². The maximum Gasteiger partial charge on any atom is 0.289 e. The van der Waals surface area contributed by atoms with E-state index in [0.29, 0.717) is 0 Å². The van der Waals surface area contributed by atoms with Crippen LogP contribution in [-0.4, -0.2) is 19.2 Å². The number of aryl methyl sites for hydroxylation is 1. The van der Waals surface area contributed by atoms with Crippen LogP contribution < -0.4 is 0 Å². The molecule has 92 valence electrons. The second-order valence-electron chi connectivity index (χ2n) is 3.92. The van der Waals surface area contributed by atoms with Crippen molar-refractivity contribution in [1.82, 2.24) is 4.98 Å². The summed E-state index contributed by atoms with van der Waals surface area (Å²) in [6.45, 7) is 5.01. The van der Waals surface area contributed by atoms with Gasteiger partial charge in [0.05, 0.1) is 5.69 Å². The third-order valence-corrected chi connectivity index (χ3v) is 7.13. The van der Waals surface area contributed by atoms with Gasteiger partial charge in [0.25, 0.3) is 7.63 Å². The zero-order valence-electron chi connectivity index (χ0n) is 10.0. The molecule has 1 unspecified atom stereocenters. The minimum atomic E-state index is -1.96. The standard InChI is InChI=1S/C11H20ClNO2Si/c1-3-7-15-16(12,4-2)8-5-6-11-9-14-10-13-11/h9-10H,3-8H2,1-2H3. The minimum Gasteiger partial charge on any atom is -0.451 e. The largest absolute Gasteiger partial charge is 0.451 e. The van der Waals surface area contributed by atoms with Crippen molar-refractivity contribution in [3.63, 3.8) is 0 Å². The van der Waals surface area contributed by atoms with Crippen molar-refractivity contribution in [2.24, 2.45) is 0 Å². The molecule has 1 aromatic heterocycles. The van der Waals surface area contributed by atoms with Gasteiger partial charge in [0, 0.05) is 6.61 Å². The highest BCUT2D eigenvalue weighted by molar-refractivity contribution is 7.16. The third-order valence-electron chi connectivity index (χ3n) is 2.56. The van der Waals surface area contributed by atoms with Crippen molar-refractivity contribution in [3.8, 4) is 0 Å². The van der Waals surface area contributed by atoms with Gasteiger partial charge in [-0.05, 0) is 31.4 Å². The Balaban J connectivity index is 2.27. The van der Waals surface area contributed by atoms with Crippen LogP contribution in [0.25, 0.3) is 0 Å². The van der Waals surface area contributed by atoms with Crippen LogP contribution in [0.3, 0.4) is 0 Å². The summed E-state index contributed by atoms with van der Waals surface area (Å²) >= 11 is 6.52. The van der Waals surface area contributed by atoms with Crippen LogP contribution in [0.1, 0.15) is 32.4 Å². The molecule has 1 rings (SSSR count). The van der Waals surface area contributed by atoms with Crippen LogP contribution in [0.4, 0.5) is 0 Å². The van der Waals surface area contributed by atoms with Crippen molar-refractivity contribution in [3.05, 3.63) is 18.4 Å². The van der Waals surface area contributed by atoms with Crippen LogP contribution in [0.2, 0.25) is 12.1 Å². The Morgan fingerprint density at radius 3 is 2.88 bits per heavy atom. The predicted octanol–water partition coefficient (Wildman–Crippen LogP) is 3.73. The highest BCUT2D eigenvalue weighted by atomic mass is 35.6. The molecule has 0 fully saturated rings. The molecule has 0 bridgehead atoms. The maximum atomic E-state index is 6.52. The molecule has 1 atom stereocenters. The highest BCUT2D eigenvalue weighted by Gasteiger charge is 2.29. The van der Waals surface area contributed by atoms with E-state index in [2.05, 4.69) is 18.8 Å². The van der Waals surface area contributed by atoms with Crippen LogP contribution in [0.15, 0.2) is 17.1 Å². The zero-order chi connectivity index (χ0) is 11.9. The summed E-state index contributed by atoms with van der Waals surface area (Å²) in [5.41, 5.74) is 1.000. The lowest BCUT2D eigenvalue weighted by Gasteiger charge is -2.22. The molecule has 0 aliphatic heterocycles. The lowest BCUT2D eigenvalue weighted by molar-refractivity contribution is 0.311. The molecule has 0 saturated heterocycles. The van der Waals surface area contributed by atoms with Crippen molar-refractivity contribution < 1.29 is 8.84 Å². The lowest BCUT2D eigenvalue weighted by atomic mass is 10.3. The van der Waals surface area contributed by atoms with Crippen LogP contribution in [0.5, 0.6) is 0 Å². The Morgan fingerprint density at radius 1 is 1.50 bits per heavy atom. The number of rotatable bonds is 8. The first-order chi connectivity index (χ1) is 7.70. The number of hydrogen-bond donors (Lipinski definition) is 0. The highest BCUT2D eigenvalue weighted by Crippen LogP contribution is 2.24. The molecule has 1 aromatic rings. The van der Waals surface area contributed by atoms with Crippen molar-refractivity contribution in [2.75, 3.05) is 6.61 Å². The molecule has 1 heterocycles. The van der Waals surface area contributed by atoms with Crippen LogP contribution in [0, 0.1) is 0 Å². The van der Waals surface area contributed by atoms with E-state index in [1.165, 1.54) is 6.39 Å². The molecule has 0 aliphatic rings. The van der Waals surface area contributed by atoms with Crippen molar-refractivity contribution in [2.45, 2.75) is 45.2 Å². The van der Waals surface area contributed by atoms with Crippen LogP contribution >= 0.6 is 11.1 Å². The Morgan fingerprint density at radius 2 is 2.31 bits per heavy atom. The third kappa shape index (κ3) is 4.68. The van der Waals surface area contributed by atoms with Gasteiger partial charge in [0.1, 0.15) is 6.26 Å². The number of hydrogen-bond acceptors (Lipinski definition) is 3. The van der Waals surface area contributed by atoms with Gasteiger partial charge in [0.15, 0.2) is 6.39 Å². The van der Waals surface area contributed by atoms with Crippen LogP contribution in [-0.2, 0) is 10.8 Å². The van der Waals surface area contributed by atoms with E-state index in [0.717, 1.165) is 43.7 Å². The predicted molar refractivity (Wildman–Crippen MR) is 68.0 cm³/mol. The summed E-state index contributed by atoms with van der Waals surface area (Å²) in [5.74, 6) is 0. The second kappa shape index (κ2) is 7.09. The molecule has 16 heavy (non-hydrogen) atoms. The van der Waals surface area contributed by atoms with Crippen molar-refractivity contribution >= 4 is 18.7 Å². The number of oxazole rings is 1. The number of nitrogens with zero attached hydrogens (tertiary/aromatic N) is 1. The van der Waals surface area contributed by atoms with Gasteiger partial charge in [-0.3, -0.25) is 0 Å². The lowest BCUT2D eigenvalue weighted by Crippen LogP contribution is -2.31. The fourth-order valence-electron chi connectivity index (χ4n) is 1.53. The van der Waals surface area contributed by atoms with Gasteiger partial charge in [-0.1, -0.05) is 13.8 Å². The molecular formula is C11H20ClNO2Si. The molecule has 0 saturated carbocycles. The summed E-state index contributed by atoms with van der Waals surface area (Å²) in [6, 6.07) is 1.95. The van der Waals surface area contributed by atoms with E-state index in [4.69, 9.17) is 19.9 Å². The smallest absolute Gasteiger partial charge is 0.289 e. The molecule has 0 aliphatic carbocycles. The summed E-state index contributed by atoms with van der Waals surface area (Å²) in [4.78, 5) is 4.09. The van der Waals surface area contributed by atoms with Crippen molar-refractivity contribution in [1.29, 1.82) is 0 Å². The molecule has 0 aromatic carbocycles. The molecular weight excluding hydrogens is 242 g/mol. The molecule has 0 radical (unpaired) electrons. The minimum absolute atomic E-state index is 0.785. The fourth-order valence-corrected chi connectivity index (χ4v) is 4.14. The van der Waals surface area contributed by atoms with Gasteiger partial charge in [-0.2, -0.15) is 0 Å². The molecule has 3 nitrogen and oxygen atoms in total. The fraction of sp³-hybridized carbons (Fsp3) is 0.727. The molecule has 0 N–H and O–H groups in total. The van der Waals surface area contributed by atoms with E-state index in [-0.39, 0.29) is 0 Å². The first-order valence-corrected chi connectivity index (χ1v) is 9.23. The SMILES string of the molecule is CCCO[Si](Cl)(CC)CCCc1cocn1. The Bertz CT molecular complexity index is 282. The van der Waals surface area contributed by atoms with E-state index >= 15 is 0 Å². The number of halogens is 1. The van der Waals surface area contributed by atoms with Gasteiger partial charge >= 0.3 is 0 Å². The molecule has 0 amide bonds. The summed E-state index contributed by atoms with van der Waals surface area (Å²) in [5, 5.41) is 0. The zero-order valence-corrected chi connectivity index (χ0v) is 11.8. The summed E-state index contributed by atoms with van der Waals surface area (Å²) in [6.07, 6.45) is 6.14. The molecule has 0 spiro atoms. The Labute approximate surface area is 103 Å². The van der Waals surface area contributed by atoms with Gasteiger partial charge in [0.2, 0.25) is 0 Å². The average Bonchev–Trinajstić information content (AvgIpc) is 2.79. The first kappa shape index (κ1) is 13.7. The first-order valence-electron chi connectivity index (χ1n) is 5.90. The van der Waals surface area contributed by atoms with E-state index < -0.39 is 7.63 Å². The maximum absolute atomic E-state index is 6.52. The van der Waals surface area contributed by atoms with E-state index in [1.54, 1.807) is 6.26 Å². The monoisotopic (exact) mass is 261 g/mol. The average molecular weight is 262 g/mol. The Hall–Kier alpha value is -0.323. The molecule has 5 heteroatoms. The quantitative estimate of drug-likeness (QED) is 0.528. The Kier molecular flexibility index (Phi) is 6.09. The normalized spacial score (nSPS) is 14.9. The second-order valence-corrected chi connectivity index (χ2v) is 9.25.